The second-order valence-electron chi connectivity index (χ2n) is 15.4. The maximum Gasteiger partial charge on any atom is 0.472 e. The summed E-state index contributed by atoms with van der Waals surface area (Å²) < 4.78 is 34.7. The van der Waals surface area contributed by atoms with Gasteiger partial charge in [-0.15, -0.1) is 0 Å². The van der Waals surface area contributed by atoms with Gasteiger partial charge in [0.25, 0.3) is 0 Å². The molecule has 53 heavy (non-hydrogen) atoms. The third kappa shape index (κ3) is 41.3. The largest absolute Gasteiger partial charge is 0.492 e. The van der Waals surface area contributed by atoms with Gasteiger partial charge in [0.2, 0.25) is 0 Å². The number of carbonyl (C=O) groups excluding carboxylic acids is 1. The van der Waals surface area contributed by atoms with E-state index < -0.39 is 13.9 Å². The number of allylic oxidation sites excluding steroid dienone is 7. The number of nitrogens with zero attached hydrogens (tertiary/aromatic N) is 1. The van der Waals surface area contributed by atoms with Crippen molar-refractivity contribution in [2.24, 2.45) is 0 Å². The summed E-state index contributed by atoms with van der Waals surface area (Å²) in [7, 11) is 1.66. The number of quaternary nitrogens is 1. The van der Waals surface area contributed by atoms with Gasteiger partial charge < -0.3 is 18.9 Å². The van der Waals surface area contributed by atoms with E-state index in [2.05, 4.69) is 50.3 Å². The molecule has 0 spiro atoms. The summed E-state index contributed by atoms with van der Waals surface area (Å²) >= 11 is 0. The van der Waals surface area contributed by atoms with Crippen LogP contribution in [0.1, 0.15) is 174 Å². The lowest BCUT2D eigenvalue weighted by molar-refractivity contribution is -0.870. The minimum atomic E-state index is -4.27. The SMILES string of the molecule is CC/C=C\C/C=C\C/C=C\CCCCCCCC(=O)OCC(COP(=O)(O)OCC[N+](C)(C)C)O/C=C\CCCCCCCCCCCCCCCC. The van der Waals surface area contributed by atoms with E-state index in [1.807, 2.05) is 27.2 Å². The van der Waals surface area contributed by atoms with Gasteiger partial charge in [-0.25, -0.2) is 4.57 Å². The van der Waals surface area contributed by atoms with Crippen LogP contribution in [0.2, 0.25) is 0 Å². The minimum Gasteiger partial charge on any atom is -0.492 e. The topological polar surface area (TPSA) is 91.3 Å². The van der Waals surface area contributed by atoms with Gasteiger partial charge in [-0.1, -0.05) is 153 Å². The molecule has 2 atom stereocenters. The molecule has 0 bridgehead atoms. The van der Waals surface area contributed by atoms with Crippen LogP contribution in [0.25, 0.3) is 0 Å². The molecule has 1 N–H and O–H groups in total. The van der Waals surface area contributed by atoms with Gasteiger partial charge in [-0.05, 0) is 57.4 Å². The van der Waals surface area contributed by atoms with E-state index in [-0.39, 0.29) is 25.8 Å². The molecule has 0 radical (unpaired) electrons. The van der Waals surface area contributed by atoms with E-state index in [1.54, 1.807) is 6.26 Å². The summed E-state index contributed by atoms with van der Waals surface area (Å²) in [6.07, 6.45) is 45.3. The van der Waals surface area contributed by atoms with Crippen LogP contribution < -0.4 is 0 Å². The zero-order valence-corrected chi connectivity index (χ0v) is 35.9. The summed E-state index contributed by atoms with van der Waals surface area (Å²) in [6.45, 7) is 4.78. The Morgan fingerprint density at radius 3 is 1.66 bits per heavy atom. The molecule has 0 amide bonds. The van der Waals surface area contributed by atoms with Crippen molar-refractivity contribution < 1.29 is 37.3 Å². The van der Waals surface area contributed by atoms with Crippen molar-refractivity contribution in [3.05, 3.63) is 48.8 Å². The molecule has 0 saturated heterocycles. The lowest BCUT2D eigenvalue weighted by Gasteiger charge is -2.24. The van der Waals surface area contributed by atoms with Crippen LogP contribution in [0.15, 0.2) is 48.8 Å². The van der Waals surface area contributed by atoms with Gasteiger partial charge in [0.1, 0.15) is 19.8 Å². The fourth-order valence-electron chi connectivity index (χ4n) is 5.61. The van der Waals surface area contributed by atoms with Crippen LogP contribution in [-0.4, -0.2) is 69.0 Å². The van der Waals surface area contributed by atoms with Crippen molar-refractivity contribution in [3.8, 4) is 0 Å². The Kier molecular flexibility index (Phi) is 36.0. The molecule has 310 valence electrons. The molecule has 0 aromatic rings. The quantitative estimate of drug-likeness (QED) is 0.0166. The summed E-state index contributed by atoms with van der Waals surface area (Å²) in [4.78, 5) is 22.6. The molecular weight excluding hydrogens is 685 g/mol. The van der Waals surface area contributed by atoms with E-state index in [0.29, 0.717) is 17.4 Å². The van der Waals surface area contributed by atoms with Crippen molar-refractivity contribution in [2.75, 3.05) is 47.5 Å². The molecule has 2 unspecified atom stereocenters. The molecule has 8 nitrogen and oxygen atoms in total. The number of phosphoric ester groups is 1. The monoisotopic (exact) mass is 769 g/mol. The third-order valence-corrected chi connectivity index (χ3v) is 9.98. The number of ether oxygens (including phenoxy) is 2. The Morgan fingerprint density at radius 1 is 0.623 bits per heavy atom. The van der Waals surface area contributed by atoms with E-state index in [1.165, 1.54) is 83.5 Å². The highest BCUT2D eigenvalue weighted by molar-refractivity contribution is 7.47. The molecule has 0 aliphatic rings. The summed E-state index contributed by atoms with van der Waals surface area (Å²) in [5, 5.41) is 0. The fourth-order valence-corrected chi connectivity index (χ4v) is 6.35. The predicted octanol–water partition coefficient (Wildman–Crippen LogP) is 12.7. The Morgan fingerprint density at radius 2 is 1.11 bits per heavy atom. The van der Waals surface area contributed by atoms with Crippen LogP contribution in [0.3, 0.4) is 0 Å². The number of hydrogen-bond donors (Lipinski definition) is 1. The first kappa shape index (κ1) is 51.3. The lowest BCUT2D eigenvalue weighted by atomic mass is 10.0. The zero-order valence-electron chi connectivity index (χ0n) is 35.0. The van der Waals surface area contributed by atoms with E-state index in [0.717, 1.165) is 70.6 Å². The van der Waals surface area contributed by atoms with Gasteiger partial charge in [-0.3, -0.25) is 13.8 Å². The molecule has 0 aromatic carbocycles. The number of esters is 1. The van der Waals surface area contributed by atoms with Gasteiger partial charge in [-0.2, -0.15) is 0 Å². The van der Waals surface area contributed by atoms with Crippen molar-refractivity contribution >= 4 is 13.8 Å². The number of hydrogen-bond acceptors (Lipinski definition) is 6. The highest BCUT2D eigenvalue weighted by atomic mass is 31.2. The fraction of sp³-hybridized carbons (Fsp3) is 0.795. The molecule has 0 saturated carbocycles. The molecule has 0 aliphatic heterocycles. The average Bonchev–Trinajstić information content (AvgIpc) is 3.11. The number of phosphoric acid groups is 1. The summed E-state index contributed by atoms with van der Waals surface area (Å²) in [6, 6.07) is 0. The van der Waals surface area contributed by atoms with E-state index >= 15 is 0 Å². The number of carbonyl (C=O) groups is 1. The molecule has 0 aliphatic carbocycles. The first-order chi connectivity index (χ1) is 25.6. The maximum atomic E-state index is 12.5. The van der Waals surface area contributed by atoms with E-state index in [4.69, 9.17) is 18.5 Å². The Labute approximate surface area is 327 Å². The summed E-state index contributed by atoms with van der Waals surface area (Å²) in [5.41, 5.74) is 0. The molecule has 0 rings (SSSR count). The van der Waals surface area contributed by atoms with Crippen molar-refractivity contribution in [1.29, 1.82) is 0 Å². The zero-order chi connectivity index (χ0) is 39.1. The van der Waals surface area contributed by atoms with Gasteiger partial charge >= 0.3 is 13.8 Å². The second kappa shape index (κ2) is 37.2. The van der Waals surface area contributed by atoms with Crippen LogP contribution in [0, 0.1) is 0 Å². The molecule has 0 aromatic heterocycles. The Hall–Kier alpha value is -1.70. The van der Waals surface area contributed by atoms with E-state index in [9.17, 15) is 14.3 Å². The standard InChI is InChI=1S/C44H82NO7P/c1-6-8-10-12-14-16-18-20-22-24-26-28-30-32-34-36-39-49-43(42-52-53(47,48)51-40-38-45(3,4)5)41-50-44(46)37-35-33-31-29-27-25-23-21-19-17-15-13-11-9-7-2/h9,11,15,17,21,23,36,39,43H,6-8,10,12-14,16,18-20,22,24-35,37-38,40-42H2,1-5H3/p+1/b11-9-,17-15-,23-21-,39-36-. The van der Waals surface area contributed by atoms with Crippen LogP contribution >= 0.6 is 7.82 Å². The number of unbranched alkanes of at least 4 members (excludes halogenated alkanes) is 19. The smallest absolute Gasteiger partial charge is 0.472 e. The third-order valence-electron chi connectivity index (χ3n) is 8.99. The Bertz CT molecular complexity index is 989. The van der Waals surface area contributed by atoms with Crippen LogP contribution in [0.4, 0.5) is 0 Å². The molecule has 0 heterocycles. The maximum absolute atomic E-state index is 12.5. The van der Waals surface area contributed by atoms with Crippen molar-refractivity contribution in [2.45, 2.75) is 180 Å². The highest BCUT2D eigenvalue weighted by Gasteiger charge is 2.25. The highest BCUT2D eigenvalue weighted by Crippen LogP contribution is 2.43. The van der Waals surface area contributed by atoms with Crippen LogP contribution in [-0.2, 0) is 27.9 Å². The Balaban J connectivity index is 4.32. The minimum absolute atomic E-state index is 0.0577. The van der Waals surface area contributed by atoms with Gasteiger partial charge in [0.05, 0.1) is 34.0 Å². The predicted molar refractivity (Wildman–Crippen MR) is 224 cm³/mol. The number of likely N-dealkylation sites (N-methyl/N-ethyl adjacent to an activating group) is 1. The summed E-state index contributed by atoms with van der Waals surface area (Å²) in [5.74, 6) is -0.294. The number of rotatable bonds is 39. The second-order valence-corrected chi connectivity index (χ2v) is 16.9. The van der Waals surface area contributed by atoms with Crippen molar-refractivity contribution in [1.82, 2.24) is 0 Å². The van der Waals surface area contributed by atoms with Gasteiger partial charge in [0.15, 0.2) is 6.10 Å². The molecule has 9 heteroatoms. The lowest BCUT2D eigenvalue weighted by Crippen LogP contribution is -2.37. The molecule has 0 fully saturated rings. The van der Waals surface area contributed by atoms with Gasteiger partial charge in [0, 0.05) is 6.42 Å². The average molecular weight is 769 g/mol. The van der Waals surface area contributed by atoms with Crippen LogP contribution in [0.5, 0.6) is 0 Å². The first-order valence-electron chi connectivity index (χ1n) is 21.4. The van der Waals surface area contributed by atoms with Crippen molar-refractivity contribution in [3.63, 3.8) is 0 Å². The first-order valence-corrected chi connectivity index (χ1v) is 22.9. The molecular formula is C44H83NO7P+. The normalized spacial score (nSPS) is 14.2.